The Labute approximate surface area is 125 Å². The van der Waals surface area contributed by atoms with E-state index in [1.165, 1.54) is 4.90 Å². The Morgan fingerprint density at radius 2 is 1.75 bits per heavy atom. The minimum Gasteiger partial charge on any atom is -0.492 e. The molecule has 0 aliphatic carbocycles. The first-order valence-electron chi connectivity index (χ1n) is 6.96. The van der Waals surface area contributed by atoms with E-state index in [1.54, 1.807) is 11.8 Å². The average Bonchev–Trinajstić information content (AvgIpc) is 2.52. The smallest absolute Gasteiger partial charge is 0.124 e. The molecule has 106 valence electrons. The zero-order valence-corrected chi connectivity index (χ0v) is 12.6. The van der Waals surface area contributed by atoms with Crippen molar-refractivity contribution in [3.8, 4) is 5.75 Å². The quantitative estimate of drug-likeness (QED) is 0.610. The van der Waals surface area contributed by atoms with Crippen LogP contribution in [0, 0.1) is 0 Å². The van der Waals surface area contributed by atoms with Crippen molar-refractivity contribution in [2.24, 2.45) is 5.73 Å². The van der Waals surface area contributed by atoms with Crippen molar-refractivity contribution in [1.29, 1.82) is 0 Å². The topological polar surface area (TPSA) is 35.2 Å². The van der Waals surface area contributed by atoms with E-state index < -0.39 is 0 Å². The summed E-state index contributed by atoms with van der Waals surface area (Å²) in [6.07, 6.45) is 0.916. The number of para-hydroxylation sites is 1. The average molecular weight is 287 g/mol. The highest BCUT2D eigenvalue weighted by atomic mass is 32.2. The minimum absolute atomic E-state index is 0.0491. The van der Waals surface area contributed by atoms with Crippen LogP contribution in [0.15, 0.2) is 59.5 Å². The Balaban J connectivity index is 1.85. The first-order chi connectivity index (χ1) is 9.81. The molecule has 0 unspecified atom stereocenters. The summed E-state index contributed by atoms with van der Waals surface area (Å²) >= 11 is 1.80. The third kappa shape index (κ3) is 4.29. The predicted octanol–water partition coefficient (Wildman–Crippen LogP) is 4.27. The second kappa shape index (κ2) is 7.98. The van der Waals surface area contributed by atoms with E-state index in [-0.39, 0.29) is 6.04 Å². The number of benzene rings is 2. The zero-order chi connectivity index (χ0) is 14.2. The van der Waals surface area contributed by atoms with E-state index in [2.05, 4.69) is 31.2 Å². The van der Waals surface area contributed by atoms with Crippen LogP contribution in [-0.2, 0) is 0 Å². The van der Waals surface area contributed by atoms with Gasteiger partial charge in [0.05, 0.1) is 6.61 Å². The number of thioether (sulfide) groups is 1. The molecule has 0 aliphatic heterocycles. The van der Waals surface area contributed by atoms with Gasteiger partial charge in [-0.2, -0.15) is 0 Å². The molecule has 0 amide bonds. The van der Waals surface area contributed by atoms with Crippen LogP contribution in [0.2, 0.25) is 0 Å². The van der Waals surface area contributed by atoms with Crippen molar-refractivity contribution in [3.05, 3.63) is 60.2 Å². The minimum atomic E-state index is 0.0491. The van der Waals surface area contributed by atoms with Gasteiger partial charge in [0.2, 0.25) is 0 Å². The van der Waals surface area contributed by atoms with Crippen molar-refractivity contribution in [2.75, 3.05) is 12.4 Å². The number of hydrogen-bond acceptors (Lipinski definition) is 3. The molecule has 0 bridgehead atoms. The molecule has 2 aromatic rings. The van der Waals surface area contributed by atoms with Gasteiger partial charge in [-0.3, -0.25) is 0 Å². The van der Waals surface area contributed by atoms with E-state index in [0.717, 1.165) is 23.5 Å². The zero-order valence-electron chi connectivity index (χ0n) is 11.8. The fourth-order valence-corrected chi connectivity index (χ4v) is 2.72. The van der Waals surface area contributed by atoms with Gasteiger partial charge >= 0.3 is 0 Å². The molecule has 0 fully saturated rings. The Kier molecular flexibility index (Phi) is 5.96. The maximum absolute atomic E-state index is 6.11. The molecule has 0 saturated carbocycles. The van der Waals surface area contributed by atoms with Crippen LogP contribution in [0.1, 0.15) is 24.9 Å². The predicted molar refractivity (Wildman–Crippen MR) is 86.3 cm³/mol. The molecule has 0 aliphatic rings. The Morgan fingerprint density at radius 3 is 2.50 bits per heavy atom. The lowest BCUT2D eigenvalue weighted by Gasteiger charge is -2.15. The maximum Gasteiger partial charge on any atom is 0.124 e. The molecule has 2 N–H and O–H groups in total. The normalized spacial score (nSPS) is 12.1. The lowest BCUT2D eigenvalue weighted by molar-refractivity contribution is 0.337. The second-order valence-corrected chi connectivity index (χ2v) is 5.73. The summed E-state index contributed by atoms with van der Waals surface area (Å²) in [7, 11) is 0. The van der Waals surface area contributed by atoms with Crippen molar-refractivity contribution in [2.45, 2.75) is 24.3 Å². The summed E-state index contributed by atoms with van der Waals surface area (Å²) in [5.41, 5.74) is 7.20. The molecule has 3 heteroatoms. The van der Waals surface area contributed by atoms with Gasteiger partial charge in [-0.05, 0) is 24.6 Å². The van der Waals surface area contributed by atoms with Crippen LogP contribution < -0.4 is 10.5 Å². The Morgan fingerprint density at radius 1 is 1.05 bits per heavy atom. The number of ether oxygens (including phenoxy) is 1. The van der Waals surface area contributed by atoms with Gasteiger partial charge in [0.1, 0.15) is 5.75 Å². The summed E-state index contributed by atoms with van der Waals surface area (Å²) < 4.78 is 5.88. The third-order valence-corrected chi connectivity index (χ3v) is 4.09. The van der Waals surface area contributed by atoms with Gasteiger partial charge < -0.3 is 10.5 Å². The van der Waals surface area contributed by atoms with Crippen molar-refractivity contribution < 1.29 is 4.74 Å². The Hall–Kier alpha value is -1.45. The first kappa shape index (κ1) is 14.9. The highest BCUT2D eigenvalue weighted by molar-refractivity contribution is 7.99. The van der Waals surface area contributed by atoms with Gasteiger partial charge in [0.25, 0.3) is 0 Å². The van der Waals surface area contributed by atoms with Crippen LogP contribution >= 0.6 is 11.8 Å². The van der Waals surface area contributed by atoms with Crippen molar-refractivity contribution in [1.82, 2.24) is 0 Å². The molecule has 0 saturated heterocycles. The van der Waals surface area contributed by atoms with Crippen LogP contribution in [0.3, 0.4) is 0 Å². The fourth-order valence-electron chi connectivity index (χ4n) is 1.97. The molecule has 1 atom stereocenters. The van der Waals surface area contributed by atoms with Crippen LogP contribution in [0.4, 0.5) is 0 Å². The van der Waals surface area contributed by atoms with Gasteiger partial charge in [-0.25, -0.2) is 0 Å². The summed E-state index contributed by atoms with van der Waals surface area (Å²) in [5.74, 6) is 1.84. The van der Waals surface area contributed by atoms with Gasteiger partial charge in [0.15, 0.2) is 0 Å². The highest BCUT2D eigenvalue weighted by Crippen LogP contribution is 2.26. The molecule has 0 heterocycles. The van der Waals surface area contributed by atoms with Crippen molar-refractivity contribution >= 4 is 11.8 Å². The summed E-state index contributed by atoms with van der Waals surface area (Å²) in [4.78, 5) is 1.27. The van der Waals surface area contributed by atoms with E-state index in [4.69, 9.17) is 10.5 Å². The lowest BCUT2D eigenvalue weighted by Crippen LogP contribution is -2.11. The number of nitrogens with two attached hydrogens (primary N) is 1. The van der Waals surface area contributed by atoms with E-state index in [1.807, 2.05) is 30.3 Å². The van der Waals surface area contributed by atoms with Crippen molar-refractivity contribution in [3.63, 3.8) is 0 Å². The van der Waals surface area contributed by atoms with Crippen LogP contribution in [-0.4, -0.2) is 12.4 Å². The summed E-state index contributed by atoms with van der Waals surface area (Å²) in [6, 6.07) is 18.5. The van der Waals surface area contributed by atoms with Crippen LogP contribution in [0.5, 0.6) is 5.75 Å². The molecule has 0 spiro atoms. The van der Waals surface area contributed by atoms with Gasteiger partial charge in [-0.15, -0.1) is 11.8 Å². The maximum atomic E-state index is 6.11. The molecule has 20 heavy (non-hydrogen) atoms. The third-order valence-electron chi connectivity index (χ3n) is 3.11. The summed E-state index contributed by atoms with van der Waals surface area (Å²) in [5, 5.41) is 0. The monoisotopic (exact) mass is 287 g/mol. The molecular weight excluding hydrogens is 266 g/mol. The van der Waals surface area contributed by atoms with E-state index >= 15 is 0 Å². The van der Waals surface area contributed by atoms with E-state index in [9.17, 15) is 0 Å². The SMILES string of the molecule is CC[C@H](N)c1ccccc1OCCSc1ccccc1. The number of hydrogen-bond donors (Lipinski definition) is 1. The number of rotatable bonds is 7. The Bertz CT molecular complexity index is 515. The van der Waals surface area contributed by atoms with Gasteiger partial charge in [-0.1, -0.05) is 43.3 Å². The molecule has 0 radical (unpaired) electrons. The lowest BCUT2D eigenvalue weighted by atomic mass is 10.0. The summed E-state index contributed by atoms with van der Waals surface area (Å²) in [6.45, 7) is 2.78. The molecule has 2 aromatic carbocycles. The fraction of sp³-hybridized carbons (Fsp3) is 0.294. The molecular formula is C17H21NOS. The first-order valence-corrected chi connectivity index (χ1v) is 7.95. The van der Waals surface area contributed by atoms with Crippen LogP contribution in [0.25, 0.3) is 0 Å². The van der Waals surface area contributed by atoms with E-state index in [0.29, 0.717) is 6.61 Å². The second-order valence-electron chi connectivity index (χ2n) is 4.56. The highest BCUT2D eigenvalue weighted by Gasteiger charge is 2.09. The molecule has 0 aromatic heterocycles. The largest absolute Gasteiger partial charge is 0.492 e. The molecule has 2 rings (SSSR count). The standard InChI is InChI=1S/C17H21NOS/c1-2-16(18)15-10-6-7-11-17(15)19-12-13-20-14-8-4-3-5-9-14/h3-11,16H,2,12-13,18H2,1H3/t16-/m0/s1. The van der Waals surface area contributed by atoms with Gasteiger partial charge in [0, 0.05) is 22.3 Å². The molecule has 2 nitrogen and oxygen atoms in total.